The number of fused-ring (bicyclic) bond motifs is 2. The van der Waals surface area contributed by atoms with E-state index in [1.807, 2.05) is 24.3 Å². The summed E-state index contributed by atoms with van der Waals surface area (Å²) < 4.78 is 50.5. The third kappa shape index (κ3) is 23.1. The SMILES string of the molecule is CCCCCCCCCCCCCCCc1cc(OC(=O)c2cc(OCCCC)c(OCCCC)c(OCCCC)c2)ccc1N1C(=O)c2ccc3c4ccc5c6c(ccc(c7ccc(c2c37)C1=O)c64)C(=O)N(c1ccc(OC(=O)c2cc(OCCCC)c(OCCCC)c(OCCCC)c2)cc1CCCCCCCCCCCCCCC)C5=O. The van der Waals surface area contributed by atoms with Crippen molar-refractivity contribution in [3.8, 4) is 46.0 Å². The average Bonchev–Trinajstić information content (AvgIpc) is 0.687. The fourth-order valence-corrected chi connectivity index (χ4v) is 16.8. The van der Waals surface area contributed by atoms with E-state index in [4.69, 9.17) is 37.9 Å². The summed E-state index contributed by atoms with van der Waals surface area (Å²) in [6, 6.07) is 32.0. The van der Waals surface area contributed by atoms with E-state index in [2.05, 4.69) is 55.4 Å². The number of imide groups is 2. The van der Waals surface area contributed by atoms with E-state index in [0.717, 1.165) is 161 Å². The third-order valence-corrected chi connectivity index (χ3v) is 23.8. The maximum Gasteiger partial charge on any atom is 0.343 e. The van der Waals surface area contributed by atoms with Gasteiger partial charge >= 0.3 is 11.9 Å². The van der Waals surface area contributed by atoms with Crippen molar-refractivity contribution in [3.05, 3.63) is 154 Å². The summed E-state index contributed by atoms with van der Waals surface area (Å²) in [5, 5.41) is 5.62. The summed E-state index contributed by atoms with van der Waals surface area (Å²) in [6.07, 6.45) is 42.2. The Bertz CT molecular complexity index is 4400. The van der Waals surface area contributed by atoms with E-state index in [0.29, 0.717) is 143 Å². The predicted molar refractivity (Wildman–Crippen MR) is 487 cm³/mol. The van der Waals surface area contributed by atoms with Crippen LogP contribution in [0.3, 0.4) is 0 Å². The second-order valence-electron chi connectivity index (χ2n) is 33.2. The van der Waals surface area contributed by atoms with Crippen molar-refractivity contribution in [1.29, 1.82) is 0 Å². The molecule has 0 N–H and O–H groups in total. The third-order valence-electron chi connectivity index (χ3n) is 23.8. The van der Waals surface area contributed by atoms with Crippen molar-refractivity contribution in [1.82, 2.24) is 0 Å². The quantitative estimate of drug-likeness (QED) is 0.00876. The number of nitrogens with zero attached hydrogens (tertiary/aromatic N) is 2. The van der Waals surface area contributed by atoms with Gasteiger partial charge < -0.3 is 37.9 Å². The van der Waals surface area contributed by atoms with Gasteiger partial charge in [-0.05, 0) is 193 Å². The summed E-state index contributed by atoms with van der Waals surface area (Å²) in [7, 11) is 0. The lowest BCUT2D eigenvalue weighted by atomic mass is 9.82. The number of amides is 4. The molecule has 0 saturated carbocycles. The molecular weight excluding hydrogens is 1500 g/mol. The van der Waals surface area contributed by atoms with Crippen LogP contribution >= 0.6 is 0 Å². The minimum Gasteiger partial charge on any atom is -0.490 e. The van der Waals surface area contributed by atoms with Crippen molar-refractivity contribution in [3.63, 3.8) is 0 Å². The van der Waals surface area contributed by atoms with Crippen molar-refractivity contribution in [2.45, 2.75) is 312 Å². The van der Waals surface area contributed by atoms with Gasteiger partial charge in [0.05, 0.1) is 62.1 Å². The lowest BCUT2D eigenvalue weighted by molar-refractivity contribution is 0.0724. The van der Waals surface area contributed by atoms with Gasteiger partial charge in [0.25, 0.3) is 23.6 Å². The summed E-state index contributed by atoms with van der Waals surface area (Å²) in [5.41, 5.74) is 4.14. The molecule has 0 spiro atoms. The maximum absolute atomic E-state index is 15.6. The molecule has 0 fully saturated rings. The number of benzene rings is 9. The van der Waals surface area contributed by atoms with Crippen LogP contribution in [0.4, 0.5) is 11.4 Å². The van der Waals surface area contributed by atoms with Gasteiger partial charge in [-0.25, -0.2) is 19.4 Å². The number of unbranched alkanes of at least 4 members (excludes halogenated alkanes) is 30. The second-order valence-corrected chi connectivity index (χ2v) is 33.2. The Balaban J connectivity index is 0.888. The van der Waals surface area contributed by atoms with Crippen LogP contribution in [0.1, 0.15) is 373 Å². The molecule has 644 valence electrons. The topological polar surface area (TPSA) is 183 Å². The zero-order chi connectivity index (χ0) is 84.5. The lowest BCUT2D eigenvalue weighted by Crippen LogP contribution is -2.41. The van der Waals surface area contributed by atoms with Gasteiger partial charge in [0, 0.05) is 33.0 Å². The molecule has 4 amide bonds. The number of aryl methyl sites for hydroxylation is 2. The zero-order valence-corrected chi connectivity index (χ0v) is 73.5. The van der Waals surface area contributed by atoms with Crippen molar-refractivity contribution in [2.75, 3.05) is 49.4 Å². The van der Waals surface area contributed by atoms with Gasteiger partial charge in [-0.1, -0.05) is 272 Å². The first-order chi connectivity index (χ1) is 58.8. The summed E-state index contributed by atoms with van der Waals surface area (Å²) in [5.74, 6) is -0.0376. The van der Waals surface area contributed by atoms with Crippen LogP contribution in [0, 0.1) is 0 Å². The standard InChI is InChI=1S/C104H134N2O14/c1-9-17-25-27-29-31-33-35-37-39-41-43-45-47-73-67-77(119-103(111)75-69-89(113-61-19-11-3)97(117-65-23-15-7)90(70-75)114-62-20-12-4)49-59-87(73)105-99(107)83-55-51-79-81-53-57-85-96-86(58-54-82(94(81)96)80-52-56-84(100(105)108)95(83)93(79)80)102(110)106(101(85)109)88-60-50-78(68-74(88)48-46-44-42-40-38-36-34-32-30-28-26-18-10-2)120-104(112)76-71-91(115-63-21-13-5)98(118-66-24-16-8)92(72-76)116-64-22-14-6/h49-60,67-72H,9-48,61-66H2,1-8H3. The van der Waals surface area contributed by atoms with Crippen molar-refractivity contribution < 1.29 is 66.7 Å². The van der Waals surface area contributed by atoms with Crippen LogP contribution in [-0.4, -0.2) is 75.2 Å². The highest BCUT2D eigenvalue weighted by atomic mass is 16.6. The Morgan fingerprint density at radius 3 is 0.758 bits per heavy atom. The molecule has 11 rings (SSSR count). The molecular formula is C104H134N2O14. The van der Waals surface area contributed by atoms with Crippen LogP contribution < -0.4 is 47.7 Å². The highest BCUT2D eigenvalue weighted by Crippen LogP contribution is 2.49. The van der Waals surface area contributed by atoms with Crippen LogP contribution in [0.15, 0.2) is 109 Å². The molecule has 0 bridgehead atoms. The first-order valence-corrected chi connectivity index (χ1v) is 46.6. The predicted octanol–water partition coefficient (Wildman–Crippen LogP) is 28.1. The number of anilines is 2. The molecule has 2 aliphatic rings. The Kier molecular flexibility index (Phi) is 36.0. The number of carbonyl (C=O) groups excluding carboxylic acids is 6. The first kappa shape index (κ1) is 91.1. The zero-order valence-electron chi connectivity index (χ0n) is 73.5. The lowest BCUT2D eigenvalue weighted by Gasteiger charge is -2.31. The fraction of sp³-hybridized carbons (Fsp3) is 0.519. The van der Waals surface area contributed by atoms with E-state index in [1.165, 1.54) is 125 Å². The number of esters is 2. The van der Waals surface area contributed by atoms with Gasteiger partial charge in [-0.2, -0.15) is 0 Å². The highest BCUT2D eigenvalue weighted by Gasteiger charge is 2.40. The number of ether oxygens (including phenoxy) is 8. The molecule has 16 heteroatoms. The van der Waals surface area contributed by atoms with E-state index in [1.54, 1.807) is 84.9 Å². The van der Waals surface area contributed by atoms with E-state index < -0.39 is 35.6 Å². The Hall–Kier alpha value is -9.70. The monoisotopic (exact) mass is 1630 g/mol. The molecule has 0 saturated heterocycles. The largest absolute Gasteiger partial charge is 0.490 e. The van der Waals surface area contributed by atoms with E-state index in [-0.39, 0.29) is 22.6 Å². The summed E-state index contributed by atoms with van der Waals surface area (Å²) >= 11 is 0. The summed E-state index contributed by atoms with van der Waals surface area (Å²) in [6.45, 7) is 19.7. The Labute approximate surface area is 714 Å². The average molecular weight is 1640 g/mol. The molecule has 0 atom stereocenters. The fourth-order valence-electron chi connectivity index (χ4n) is 16.8. The highest BCUT2D eigenvalue weighted by molar-refractivity contribution is 6.45. The van der Waals surface area contributed by atoms with Crippen LogP contribution in [0.2, 0.25) is 0 Å². The van der Waals surface area contributed by atoms with E-state index >= 15 is 19.2 Å². The number of rotatable bonds is 58. The number of carbonyl (C=O) groups is 6. The van der Waals surface area contributed by atoms with Crippen LogP contribution in [-0.2, 0) is 12.8 Å². The normalized spacial score (nSPS) is 12.6. The molecule has 2 aliphatic heterocycles. The molecule has 0 aliphatic carbocycles. The molecule has 0 radical (unpaired) electrons. The smallest absolute Gasteiger partial charge is 0.343 e. The van der Waals surface area contributed by atoms with Crippen molar-refractivity contribution in [2.24, 2.45) is 0 Å². The van der Waals surface area contributed by atoms with Gasteiger partial charge in [0.2, 0.25) is 11.5 Å². The number of hydrogen-bond acceptors (Lipinski definition) is 14. The van der Waals surface area contributed by atoms with Gasteiger partial charge in [0.15, 0.2) is 23.0 Å². The van der Waals surface area contributed by atoms with Crippen LogP contribution in [0.25, 0.3) is 43.1 Å². The van der Waals surface area contributed by atoms with Crippen LogP contribution in [0.5, 0.6) is 46.0 Å². The van der Waals surface area contributed by atoms with Crippen molar-refractivity contribution >= 4 is 90.0 Å². The second kappa shape index (κ2) is 47.5. The molecule has 9 aromatic carbocycles. The molecule has 9 aromatic rings. The Morgan fingerprint density at radius 2 is 0.500 bits per heavy atom. The molecule has 2 heterocycles. The Morgan fingerprint density at radius 1 is 0.258 bits per heavy atom. The maximum atomic E-state index is 15.6. The molecule has 0 aromatic heterocycles. The molecule has 120 heavy (non-hydrogen) atoms. The van der Waals surface area contributed by atoms with Gasteiger partial charge in [-0.3, -0.25) is 19.2 Å². The molecule has 16 nitrogen and oxygen atoms in total. The van der Waals surface area contributed by atoms with E-state index in [9.17, 15) is 9.59 Å². The minimum absolute atomic E-state index is 0.232. The van der Waals surface area contributed by atoms with Gasteiger partial charge in [0.1, 0.15) is 11.5 Å². The molecule has 0 unspecified atom stereocenters. The summed E-state index contributed by atoms with van der Waals surface area (Å²) in [4.78, 5) is 94.2. The minimum atomic E-state index is -0.623. The van der Waals surface area contributed by atoms with Gasteiger partial charge in [-0.15, -0.1) is 0 Å². The first-order valence-electron chi connectivity index (χ1n) is 46.6. The number of hydrogen-bond donors (Lipinski definition) is 0.